The lowest BCUT2D eigenvalue weighted by molar-refractivity contribution is -0.385. The molecule has 6 nitrogen and oxygen atoms in total. The van der Waals surface area contributed by atoms with E-state index in [1.165, 1.54) is 4.90 Å². The van der Waals surface area contributed by atoms with Crippen LogP contribution >= 0.6 is 40.7 Å². The first-order valence-corrected chi connectivity index (χ1v) is 7.11. The van der Waals surface area contributed by atoms with Crippen molar-refractivity contribution in [1.82, 2.24) is 10.2 Å². The first kappa shape index (κ1) is 22.3. The van der Waals surface area contributed by atoms with Gasteiger partial charge in [0.2, 0.25) is 0 Å². The van der Waals surface area contributed by atoms with Crippen LogP contribution in [-0.2, 0) is 0 Å². The van der Waals surface area contributed by atoms with Crippen LogP contribution in [0.5, 0.6) is 5.75 Å². The number of piperazine rings is 1. The van der Waals surface area contributed by atoms with Crippen molar-refractivity contribution in [3.05, 3.63) is 32.3 Å². The minimum Gasteiger partial charge on any atom is -0.506 e. The van der Waals surface area contributed by atoms with Gasteiger partial charge in [-0.15, -0.1) is 24.8 Å². The van der Waals surface area contributed by atoms with E-state index in [1.54, 1.807) is 0 Å². The van der Waals surface area contributed by atoms with Gasteiger partial charge in [0.05, 0.1) is 9.40 Å². The van der Waals surface area contributed by atoms with E-state index in [1.807, 2.05) is 0 Å². The highest BCUT2D eigenvalue weighted by atomic mass is 79.9. The van der Waals surface area contributed by atoms with Crippen LogP contribution in [0.25, 0.3) is 0 Å². The minimum absolute atomic E-state index is 0. The van der Waals surface area contributed by atoms with Gasteiger partial charge in [0.1, 0.15) is 11.8 Å². The molecule has 0 saturated carbocycles. The van der Waals surface area contributed by atoms with Gasteiger partial charge in [0, 0.05) is 43.9 Å². The number of benzene rings is 1. The molecule has 2 N–H and O–H groups in total. The molecule has 1 atom stereocenters. The molecular weight excluding hydrogens is 423 g/mol. The number of phenolic OH excluding ortho intramolecular Hbond substituents is 1. The zero-order valence-corrected chi connectivity index (χ0v) is 15.0. The molecule has 1 fully saturated rings. The Morgan fingerprint density at radius 3 is 2.35 bits per heavy atom. The van der Waals surface area contributed by atoms with E-state index in [-0.39, 0.29) is 46.3 Å². The summed E-state index contributed by atoms with van der Waals surface area (Å²) in [4.78, 5) is 11.7. The number of aromatic hydroxyl groups is 1. The number of hydrogen-bond donors (Lipinski definition) is 2. The third-order valence-corrected chi connectivity index (χ3v) is 4.00. The highest BCUT2D eigenvalue weighted by molar-refractivity contribution is 9.10. The molecule has 1 heterocycles. The molecule has 1 aromatic carbocycles. The summed E-state index contributed by atoms with van der Waals surface area (Å²) in [5.74, 6) is -0.385. The summed E-state index contributed by atoms with van der Waals surface area (Å²) in [5.41, 5.74) is -0.469. The van der Waals surface area contributed by atoms with Crippen molar-refractivity contribution in [2.75, 3.05) is 26.2 Å². The smallest absolute Gasteiger partial charge is 0.271 e. The predicted molar refractivity (Wildman–Crippen MR) is 90.1 cm³/mol. The van der Waals surface area contributed by atoms with E-state index in [4.69, 9.17) is 0 Å². The number of nitrogens with one attached hydrogen (secondary N) is 1. The Morgan fingerprint density at radius 2 is 1.87 bits per heavy atom. The van der Waals surface area contributed by atoms with Gasteiger partial charge in [0.15, 0.2) is 0 Å². The monoisotopic (exact) mass is 437 g/mol. The number of nitro groups is 1. The second-order valence-corrected chi connectivity index (χ2v) is 5.54. The van der Waals surface area contributed by atoms with Gasteiger partial charge in [-0.3, -0.25) is 15.0 Å². The lowest BCUT2D eigenvalue weighted by Crippen LogP contribution is -2.46. The normalized spacial score (nSPS) is 16.3. The van der Waals surface area contributed by atoms with E-state index in [2.05, 4.69) is 21.2 Å². The second-order valence-electron chi connectivity index (χ2n) is 4.69. The number of nitro benzene ring substituents is 1. The van der Waals surface area contributed by atoms with Crippen molar-refractivity contribution >= 4 is 46.4 Å². The molecule has 1 aromatic rings. The Labute approximate surface area is 152 Å². The molecule has 11 heteroatoms. The van der Waals surface area contributed by atoms with Crippen molar-refractivity contribution in [2.45, 2.75) is 12.5 Å². The molecule has 1 aliphatic heterocycles. The first-order chi connectivity index (χ1) is 9.91. The summed E-state index contributed by atoms with van der Waals surface area (Å²) in [7, 11) is 0. The molecule has 0 bridgehead atoms. The lowest BCUT2D eigenvalue weighted by Gasteiger charge is -2.34. The van der Waals surface area contributed by atoms with E-state index < -0.39 is 17.4 Å². The van der Waals surface area contributed by atoms with Gasteiger partial charge in [-0.2, -0.15) is 0 Å². The Morgan fingerprint density at radius 1 is 1.30 bits per heavy atom. The number of alkyl halides is 2. The molecule has 0 radical (unpaired) electrons. The van der Waals surface area contributed by atoms with E-state index in [0.29, 0.717) is 26.2 Å². The largest absolute Gasteiger partial charge is 0.506 e. The summed E-state index contributed by atoms with van der Waals surface area (Å²) in [6.07, 6.45) is -2.76. The van der Waals surface area contributed by atoms with Gasteiger partial charge in [0.25, 0.3) is 12.1 Å². The summed E-state index contributed by atoms with van der Waals surface area (Å²) in [6.45, 7) is 1.88. The lowest BCUT2D eigenvalue weighted by atomic mass is 10.0. The molecule has 0 aromatic heterocycles. The van der Waals surface area contributed by atoms with Gasteiger partial charge in [-0.1, -0.05) is 0 Å². The fraction of sp³-hybridized carbons (Fsp3) is 0.500. The van der Waals surface area contributed by atoms with Crippen LogP contribution in [0.2, 0.25) is 0 Å². The Hall–Kier alpha value is -0.740. The number of hydrogen-bond acceptors (Lipinski definition) is 5. The number of non-ortho nitro benzene ring substituents is 1. The average molecular weight is 439 g/mol. The molecule has 132 valence electrons. The minimum atomic E-state index is -2.76. The van der Waals surface area contributed by atoms with Gasteiger partial charge in [-0.25, -0.2) is 8.78 Å². The first-order valence-electron chi connectivity index (χ1n) is 6.31. The summed E-state index contributed by atoms with van der Waals surface area (Å²) < 4.78 is 26.9. The standard InChI is InChI=1S/C12H14BrF2N3O3.2ClH/c13-9-6-7(18(20)21)5-8(11(9)19)10(12(14)15)17-3-1-16-2-4-17;;/h5-6,10,12,16,19H,1-4H2;2*1H/t10-;;/m0../s1. The average Bonchev–Trinajstić information content (AvgIpc) is 2.44. The van der Waals surface area contributed by atoms with Crippen LogP contribution in [0.15, 0.2) is 16.6 Å². The number of phenols is 1. The van der Waals surface area contributed by atoms with Crippen molar-refractivity contribution < 1.29 is 18.8 Å². The predicted octanol–water partition coefficient (Wildman–Crippen LogP) is 3.12. The highest BCUT2D eigenvalue weighted by Crippen LogP contribution is 2.40. The van der Waals surface area contributed by atoms with Crippen LogP contribution in [0.1, 0.15) is 11.6 Å². The molecule has 0 spiro atoms. The van der Waals surface area contributed by atoms with Crippen molar-refractivity contribution in [3.8, 4) is 5.75 Å². The third kappa shape index (κ3) is 5.12. The Balaban J connectivity index is 0.00000242. The number of halogens is 5. The topological polar surface area (TPSA) is 78.6 Å². The Bertz CT molecular complexity index is 549. The van der Waals surface area contributed by atoms with Gasteiger partial charge >= 0.3 is 0 Å². The fourth-order valence-corrected chi connectivity index (χ4v) is 2.85. The van der Waals surface area contributed by atoms with Crippen LogP contribution in [0.3, 0.4) is 0 Å². The second kappa shape index (κ2) is 9.53. The van der Waals surface area contributed by atoms with Crippen molar-refractivity contribution in [2.24, 2.45) is 0 Å². The van der Waals surface area contributed by atoms with Crippen molar-refractivity contribution in [3.63, 3.8) is 0 Å². The van der Waals surface area contributed by atoms with E-state index in [0.717, 1.165) is 12.1 Å². The number of rotatable bonds is 4. The van der Waals surface area contributed by atoms with Gasteiger partial charge < -0.3 is 10.4 Å². The quantitative estimate of drug-likeness (QED) is 0.557. The maximum Gasteiger partial charge on any atom is 0.271 e. The molecular formula is C12H16BrCl2F2N3O3. The molecule has 0 aliphatic carbocycles. The summed E-state index contributed by atoms with van der Waals surface area (Å²) >= 11 is 2.98. The van der Waals surface area contributed by atoms with Crippen molar-refractivity contribution in [1.29, 1.82) is 0 Å². The molecule has 2 rings (SSSR count). The highest BCUT2D eigenvalue weighted by Gasteiger charge is 2.34. The number of nitrogens with zero attached hydrogens (tertiary/aromatic N) is 2. The van der Waals surface area contributed by atoms with E-state index >= 15 is 0 Å². The molecule has 1 aliphatic rings. The zero-order valence-electron chi connectivity index (χ0n) is 11.7. The van der Waals surface area contributed by atoms with Crippen LogP contribution < -0.4 is 5.32 Å². The Kier molecular flexibility index (Phi) is 9.22. The third-order valence-electron chi connectivity index (χ3n) is 3.39. The van der Waals surface area contributed by atoms with Crippen LogP contribution in [0, 0.1) is 10.1 Å². The molecule has 1 saturated heterocycles. The molecule has 23 heavy (non-hydrogen) atoms. The summed E-state index contributed by atoms with van der Waals surface area (Å²) in [5, 5.41) is 23.9. The van der Waals surface area contributed by atoms with Crippen LogP contribution in [0.4, 0.5) is 14.5 Å². The maximum absolute atomic E-state index is 13.5. The molecule has 0 amide bonds. The maximum atomic E-state index is 13.5. The summed E-state index contributed by atoms with van der Waals surface area (Å²) in [6, 6.07) is 0.737. The van der Waals surface area contributed by atoms with Crippen LogP contribution in [-0.4, -0.2) is 47.5 Å². The zero-order chi connectivity index (χ0) is 15.6. The van der Waals surface area contributed by atoms with Gasteiger partial charge in [-0.05, 0) is 15.9 Å². The SMILES string of the molecule is Cl.Cl.O=[N+]([O-])c1cc(Br)c(O)c([C@@H](C(F)F)N2CCNCC2)c1. The van der Waals surface area contributed by atoms with E-state index in [9.17, 15) is 24.0 Å². The fourth-order valence-electron chi connectivity index (χ4n) is 2.39. The molecule has 0 unspecified atom stereocenters.